The first-order valence-corrected chi connectivity index (χ1v) is 10.6. The van der Waals surface area contributed by atoms with Gasteiger partial charge in [0.15, 0.2) is 5.96 Å². The Morgan fingerprint density at radius 2 is 1.93 bits per heavy atom. The number of aliphatic imine (C=N–C) groups is 1. The summed E-state index contributed by atoms with van der Waals surface area (Å²) in [7, 11) is 0. The molecule has 9 nitrogen and oxygen atoms in total. The van der Waals surface area contributed by atoms with Gasteiger partial charge in [0.05, 0.1) is 19.3 Å². The van der Waals surface area contributed by atoms with Crippen LogP contribution < -0.4 is 10.6 Å². The van der Waals surface area contributed by atoms with Crippen LogP contribution in [-0.2, 0) is 16.0 Å². The molecule has 0 radical (unpaired) electrons. The average Bonchev–Trinajstić information content (AvgIpc) is 2.71. The molecule has 30 heavy (non-hydrogen) atoms. The smallest absolute Gasteiger partial charge is 0.410 e. The summed E-state index contributed by atoms with van der Waals surface area (Å²) in [6.45, 7) is 13.0. The first-order valence-electron chi connectivity index (χ1n) is 10.6. The van der Waals surface area contributed by atoms with E-state index in [0.717, 1.165) is 31.1 Å². The minimum absolute atomic E-state index is 0.223. The molecule has 2 aliphatic rings. The largest absolute Gasteiger partial charge is 0.444 e. The number of guanidine groups is 1. The topological polar surface area (TPSA) is 96.5 Å². The normalized spacial score (nSPS) is 21.0. The van der Waals surface area contributed by atoms with Gasteiger partial charge in [-0.3, -0.25) is 0 Å². The number of amides is 1. The van der Waals surface area contributed by atoms with Crippen LogP contribution in [0.4, 0.5) is 10.6 Å². The van der Waals surface area contributed by atoms with E-state index in [1.807, 2.05) is 44.0 Å². The molecule has 2 aliphatic heterocycles. The molecule has 1 atom stereocenters. The molecule has 3 rings (SSSR count). The standard InChI is InChI=1S/C21H34N6O3/c1-16-15-27(11-12-29-16)18-6-5-17(13-23-18)14-24-19(22)25-7-9-26(10-8-25)20(28)30-21(2,3)4/h5-6,13,16H,7-12,14-15H2,1-4H3,(H2,22,24). The van der Waals surface area contributed by atoms with Crippen molar-refractivity contribution in [2.75, 3.05) is 50.8 Å². The molecular weight excluding hydrogens is 384 g/mol. The maximum Gasteiger partial charge on any atom is 0.410 e. The summed E-state index contributed by atoms with van der Waals surface area (Å²) in [5.74, 6) is 1.45. The van der Waals surface area contributed by atoms with E-state index in [1.54, 1.807) is 4.90 Å². The molecule has 2 N–H and O–H groups in total. The van der Waals surface area contributed by atoms with Crippen LogP contribution in [0.1, 0.15) is 33.3 Å². The molecule has 1 aromatic rings. The van der Waals surface area contributed by atoms with Gasteiger partial charge in [0.1, 0.15) is 11.4 Å². The van der Waals surface area contributed by atoms with Gasteiger partial charge < -0.3 is 29.9 Å². The second kappa shape index (κ2) is 9.51. The van der Waals surface area contributed by atoms with Crippen molar-refractivity contribution in [3.63, 3.8) is 0 Å². The monoisotopic (exact) mass is 418 g/mol. The van der Waals surface area contributed by atoms with E-state index in [9.17, 15) is 4.79 Å². The first kappa shape index (κ1) is 22.1. The molecular formula is C21H34N6O3. The quantitative estimate of drug-likeness (QED) is 0.589. The molecule has 3 heterocycles. The maximum absolute atomic E-state index is 12.2. The number of nitrogens with two attached hydrogens (primary N) is 1. The lowest BCUT2D eigenvalue weighted by Gasteiger charge is -2.36. The highest BCUT2D eigenvalue weighted by atomic mass is 16.6. The van der Waals surface area contributed by atoms with Crippen molar-refractivity contribution in [2.24, 2.45) is 10.7 Å². The molecule has 0 bridgehead atoms. The summed E-state index contributed by atoms with van der Waals surface area (Å²) in [6, 6.07) is 4.07. The molecule has 0 aliphatic carbocycles. The lowest BCUT2D eigenvalue weighted by Crippen LogP contribution is -2.53. The van der Waals surface area contributed by atoms with E-state index < -0.39 is 5.60 Å². The van der Waals surface area contributed by atoms with E-state index in [1.165, 1.54) is 0 Å². The molecule has 1 unspecified atom stereocenters. The SMILES string of the molecule is CC1CN(c2ccc(CN=C(N)N3CCN(C(=O)OC(C)(C)C)CC3)cn2)CCO1. The van der Waals surface area contributed by atoms with Crippen LogP contribution in [0.15, 0.2) is 23.3 Å². The van der Waals surface area contributed by atoms with Crippen molar-refractivity contribution < 1.29 is 14.3 Å². The Morgan fingerprint density at radius 3 is 2.53 bits per heavy atom. The van der Waals surface area contributed by atoms with Crippen molar-refractivity contribution in [1.82, 2.24) is 14.8 Å². The van der Waals surface area contributed by atoms with Gasteiger partial charge in [0.25, 0.3) is 0 Å². The van der Waals surface area contributed by atoms with Crippen molar-refractivity contribution in [3.05, 3.63) is 23.9 Å². The van der Waals surface area contributed by atoms with E-state index >= 15 is 0 Å². The summed E-state index contributed by atoms with van der Waals surface area (Å²) in [6.07, 6.45) is 1.80. The predicted octanol–water partition coefficient (Wildman–Crippen LogP) is 1.67. The van der Waals surface area contributed by atoms with Gasteiger partial charge in [-0.1, -0.05) is 6.07 Å². The van der Waals surface area contributed by atoms with Crippen LogP contribution in [0.25, 0.3) is 0 Å². The zero-order valence-electron chi connectivity index (χ0n) is 18.5. The van der Waals surface area contributed by atoms with Gasteiger partial charge in [0.2, 0.25) is 0 Å². The van der Waals surface area contributed by atoms with Gasteiger partial charge in [-0.05, 0) is 39.3 Å². The van der Waals surface area contributed by atoms with E-state index in [-0.39, 0.29) is 12.2 Å². The number of anilines is 1. The fourth-order valence-corrected chi connectivity index (χ4v) is 3.44. The van der Waals surface area contributed by atoms with Crippen LogP contribution in [0, 0.1) is 0 Å². The van der Waals surface area contributed by atoms with Gasteiger partial charge in [-0.25, -0.2) is 14.8 Å². The highest BCUT2D eigenvalue weighted by Gasteiger charge is 2.26. The minimum atomic E-state index is -0.488. The molecule has 0 spiro atoms. The molecule has 2 saturated heterocycles. The number of hydrogen-bond acceptors (Lipinski definition) is 6. The van der Waals surface area contributed by atoms with Crippen LogP contribution >= 0.6 is 0 Å². The summed E-state index contributed by atoms with van der Waals surface area (Å²) >= 11 is 0. The number of carbonyl (C=O) groups excluding carboxylic acids is 1. The number of rotatable bonds is 3. The lowest BCUT2D eigenvalue weighted by molar-refractivity contribution is 0.0186. The molecule has 0 aromatic carbocycles. The Morgan fingerprint density at radius 1 is 1.23 bits per heavy atom. The van der Waals surface area contributed by atoms with Crippen molar-refractivity contribution in [3.8, 4) is 0 Å². The van der Waals surface area contributed by atoms with Crippen LogP contribution in [0.2, 0.25) is 0 Å². The van der Waals surface area contributed by atoms with Gasteiger partial charge >= 0.3 is 6.09 Å². The molecule has 2 fully saturated rings. The van der Waals surface area contributed by atoms with Crippen LogP contribution in [0.3, 0.4) is 0 Å². The Bertz CT molecular complexity index is 738. The number of pyridine rings is 1. The third-order valence-corrected chi connectivity index (χ3v) is 5.05. The third kappa shape index (κ3) is 6.22. The van der Waals surface area contributed by atoms with Crippen molar-refractivity contribution in [2.45, 2.75) is 45.9 Å². The second-order valence-corrected chi connectivity index (χ2v) is 8.78. The van der Waals surface area contributed by atoms with Gasteiger partial charge in [0, 0.05) is 45.5 Å². The first-order chi connectivity index (χ1) is 14.2. The Labute approximate surface area is 178 Å². The number of nitrogens with zero attached hydrogens (tertiary/aromatic N) is 5. The van der Waals surface area contributed by atoms with Crippen LogP contribution in [-0.4, -0.2) is 84.4 Å². The number of morpholine rings is 1. The molecule has 1 amide bonds. The van der Waals surface area contributed by atoms with E-state index in [0.29, 0.717) is 38.7 Å². The van der Waals surface area contributed by atoms with E-state index in [2.05, 4.69) is 21.8 Å². The molecule has 0 saturated carbocycles. The number of aromatic nitrogens is 1. The van der Waals surface area contributed by atoms with Gasteiger partial charge in [-0.2, -0.15) is 0 Å². The fourth-order valence-electron chi connectivity index (χ4n) is 3.44. The second-order valence-electron chi connectivity index (χ2n) is 8.78. The summed E-state index contributed by atoms with van der Waals surface area (Å²) < 4.78 is 11.0. The maximum atomic E-state index is 12.2. The fraction of sp³-hybridized carbons (Fsp3) is 0.667. The minimum Gasteiger partial charge on any atom is -0.444 e. The Hall–Kier alpha value is -2.55. The highest BCUT2D eigenvalue weighted by molar-refractivity contribution is 5.78. The molecule has 166 valence electrons. The summed E-state index contributed by atoms with van der Waals surface area (Å²) in [5, 5.41) is 0. The molecule has 1 aromatic heterocycles. The number of ether oxygens (including phenoxy) is 2. The summed E-state index contributed by atoms with van der Waals surface area (Å²) in [5.41, 5.74) is 6.70. The Kier molecular flexibility index (Phi) is 7.02. The number of hydrogen-bond donors (Lipinski definition) is 1. The van der Waals surface area contributed by atoms with Crippen molar-refractivity contribution >= 4 is 17.9 Å². The number of piperazine rings is 1. The predicted molar refractivity (Wildman–Crippen MR) is 117 cm³/mol. The third-order valence-electron chi connectivity index (χ3n) is 5.05. The van der Waals surface area contributed by atoms with Crippen LogP contribution in [0.5, 0.6) is 0 Å². The Balaban J connectivity index is 1.48. The van der Waals surface area contributed by atoms with Crippen molar-refractivity contribution in [1.29, 1.82) is 0 Å². The van der Waals surface area contributed by atoms with Gasteiger partial charge in [-0.15, -0.1) is 0 Å². The van der Waals surface area contributed by atoms with E-state index in [4.69, 9.17) is 15.2 Å². The highest BCUT2D eigenvalue weighted by Crippen LogP contribution is 2.16. The zero-order chi connectivity index (χ0) is 21.7. The molecule has 9 heteroatoms. The lowest BCUT2D eigenvalue weighted by atomic mass is 10.2. The zero-order valence-corrected chi connectivity index (χ0v) is 18.5. The number of carbonyl (C=O) groups is 1. The average molecular weight is 419 g/mol. The summed E-state index contributed by atoms with van der Waals surface area (Å²) in [4.78, 5) is 27.2.